The molecule has 23 heavy (non-hydrogen) atoms. The fraction of sp³-hybridized carbons (Fsp3) is 0.474. The lowest BCUT2D eigenvalue weighted by Crippen LogP contribution is -2.01. The number of aliphatic hydroxyl groups is 1. The Hall–Kier alpha value is -1.54. The Labute approximate surface area is 141 Å². The van der Waals surface area contributed by atoms with Crippen molar-refractivity contribution in [3.8, 4) is 23.2 Å². The van der Waals surface area contributed by atoms with Crippen LogP contribution in [0.25, 0.3) is 11.3 Å². The lowest BCUT2D eigenvalue weighted by molar-refractivity contribution is 0.0639. The van der Waals surface area contributed by atoms with Gasteiger partial charge in [0, 0.05) is 42.6 Å². The minimum absolute atomic E-state index is 0.105. The Kier molecular flexibility index (Phi) is 5.56. The van der Waals surface area contributed by atoms with Crippen molar-refractivity contribution < 1.29 is 14.3 Å². The van der Waals surface area contributed by atoms with E-state index in [2.05, 4.69) is 28.7 Å². The van der Waals surface area contributed by atoms with Gasteiger partial charge in [-0.05, 0) is 37.6 Å². The van der Waals surface area contributed by atoms with Crippen LogP contribution in [0.2, 0.25) is 0 Å². The second-order valence-corrected chi connectivity index (χ2v) is 6.40. The van der Waals surface area contributed by atoms with Gasteiger partial charge in [-0.3, -0.25) is 0 Å². The van der Waals surface area contributed by atoms with Crippen LogP contribution in [0.15, 0.2) is 21.2 Å². The lowest BCUT2D eigenvalue weighted by Gasteiger charge is -2.10. The smallest absolute Gasteiger partial charge is 0.151 e. The van der Waals surface area contributed by atoms with Crippen LogP contribution < -0.4 is 0 Å². The van der Waals surface area contributed by atoms with Gasteiger partial charge in [-0.25, -0.2) is 0 Å². The standard InChI is InChI=1S/C19H22O3S/c1-2-21-16-8-9-17-18(16)15(7-5-3-4-6-11-20)19(22-17)14-10-12-23-13-14/h10,12-13,16,20H,2-4,6,8-9,11H2,1H3. The topological polar surface area (TPSA) is 42.6 Å². The summed E-state index contributed by atoms with van der Waals surface area (Å²) in [5.41, 5.74) is 3.25. The molecule has 0 aliphatic heterocycles. The Bertz CT molecular complexity index is 688. The quantitative estimate of drug-likeness (QED) is 0.624. The Balaban J connectivity index is 1.93. The molecule has 3 rings (SSSR count). The third-order valence-corrected chi connectivity index (χ3v) is 4.74. The lowest BCUT2D eigenvalue weighted by atomic mass is 10.0. The second kappa shape index (κ2) is 7.83. The molecule has 4 heteroatoms. The van der Waals surface area contributed by atoms with E-state index in [-0.39, 0.29) is 12.7 Å². The van der Waals surface area contributed by atoms with Crippen LogP contribution in [0.1, 0.15) is 55.6 Å². The van der Waals surface area contributed by atoms with Crippen molar-refractivity contribution in [2.45, 2.75) is 45.1 Å². The average Bonchev–Trinajstić information content (AvgIpc) is 3.25. The monoisotopic (exact) mass is 330 g/mol. The highest BCUT2D eigenvalue weighted by atomic mass is 32.1. The number of hydrogen-bond donors (Lipinski definition) is 1. The first kappa shape index (κ1) is 16.3. The molecule has 2 heterocycles. The summed E-state index contributed by atoms with van der Waals surface area (Å²) < 4.78 is 12.0. The first-order valence-corrected chi connectivity index (χ1v) is 9.18. The molecule has 0 saturated heterocycles. The van der Waals surface area contributed by atoms with E-state index in [1.165, 1.54) is 0 Å². The summed E-state index contributed by atoms with van der Waals surface area (Å²) in [7, 11) is 0. The number of unbranched alkanes of at least 4 members (excludes halogenated alkanes) is 2. The molecular weight excluding hydrogens is 308 g/mol. The van der Waals surface area contributed by atoms with Crippen LogP contribution in [0.4, 0.5) is 0 Å². The van der Waals surface area contributed by atoms with Gasteiger partial charge >= 0.3 is 0 Å². The van der Waals surface area contributed by atoms with E-state index in [9.17, 15) is 0 Å². The van der Waals surface area contributed by atoms with Gasteiger partial charge in [-0.1, -0.05) is 11.8 Å². The number of hydrogen-bond acceptors (Lipinski definition) is 4. The summed E-state index contributed by atoms with van der Waals surface area (Å²) >= 11 is 1.66. The number of ether oxygens (including phenoxy) is 1. The predicted octanol–water partition coefficient (Wildman–Crippen LogP) is 4.55. The molecule has 1 aliphatic rings. The van der Waals surface area contributed by atoms with Crippen LogP contribution in [0.3, 0.4) is 0 Å². The van der Waals surface area contributed by atoms with E-state index in [0.29, 0.717) is 6.61 Å². The summed E-state index contributed by atoms with van der Waals surface area (Å²) in [6.07, 6.45) is 4.52. The summed E-state index contributed by atoms with van der Waals surface area (Å²) in [4.78, 5) is 0. The van der Waals surface area contributed by atoms with Crippen molar-refractivity contribution in [3.63, 3.8) is 0 Å². The summed E-state index contributed by atoms with van der Waals surface area (Å²) in [5.74, 6) is 8.49. The SMILES string of the molecule is CCOC1CCc2oc(-c3ccsc3)c(C#CCCCCO)c21. The van der Waals surface area contributed by atoms with Crippen LogP contribution in [-0.4, -0.2) is 18.3 Å². The maximum atomic E-state index is 8.86. The van der Waals surface area contributed by atoms with E-state index < -0.39 is 0 Å². The molecular formula is C19H22O3S. The molecule has 1 unspecified atom stereocenters. The van der Waals surface area contributed by atoms with E-state index in [1.807, 2.05) is 6.92 Å². The molecule has 0 radical (unpaired) electrons. The third-order valence-electron chi connectivity index (χ3n) is 4.05. The van der Waals surface area contributed by atoms with Gasteiger partial charge < -0.3 is 14.3 Å². The van der Waals surface area contributed by atoms with Crippen molar-refractivity contribution in [3.05, 3.63) is 33.7 Å². The average molecular weight is 330 g/mol. The van der Waals surface area contributed by atoms with E-state index >= 15 is 0 Å². The van der Waals surface area contributed by atoms with Crippen LogP contribution in [0.5, 0.6) is 0 Å². The number of aliphatic hydroxyl groups excluding tert-OH is 1. The predicted molar refractivity (Wildman–Crippen MR) is 92.5 cm³/mol. The zero-order chi connectivity index (χ0) is 16.1. The van der Waals surface area contributed by atoms with Crippen LogP contribution in [0, 0.1) is 11.8 Å². The van der Waals surface area contributed by atoms with Crippen molar-refractivity contribution in [1.82, 2.24) is 0 Å². The molecule has 122 valence electrons. The summed E-state index contributed by atoms with van der Waals surface area (Å²) in [5, 5.41) is 13.0. The molecule has 2 aromatic rings. The Morgan fingerprint density at radius 3 is 3.09 bits per heavy atom. The minimum atomic E-state index is 0.105. The van der Waals surface area contributed by atoms with Gasteiger partial charge in [0.2, 0.25) is 0 Å². The van der Waals surface area contributed by atoms with Crippen molar-refractivity contribution in [2.24, 2.45) is 0 Å². The van der Waals surface area contributed by atoms with Gasteiger partial charge in [-0.15, -0.1) is 0 Å². The van der Waals surface area contributed by atoms with Gasteiger partial charge in [0.05, 0.1) is 11.7 Å². The summed E-state index contributed by atoms with van der Waals surface area (Å²) in [6, 6.07) is 2.07. The molecule has 3 nitrogen and oxygen atoms in total. The Morgan fingerprint density at radius 2 is 2.35 bits per heavy atom. The van der Waals surface area contributed by atoms with E-state index in [4.69, 9.17) is 14.3 Å². The molecule has 2 aromatic heterocycles. The minimum Gasteiger partial charge on any atom is -0.459 e. The zero-order valence-corrected chi connectivity index (χ0v) is 14.2. The number of aryl methyl sites for hydroxylation is 1. The molecule has 0 fully saturated rings. The van der Waals surface area contributed by atoms with Gasteiger partial charge in [0.1, 0.15) is 5.76 Å². The molecule has 1 N–H and O–H groups in total. The van der Waals surface area contributed by atoms with Crippen molar-refractivity contribution >= 4 is 11.3 Å². The molecule has 0 spiro atoms. The van der Waals surface area contributed by atoms with Crippen LogP contribution >= 0.6 is 11.3 Å². The normalized spacial score (nSPS) is 16.2. The number of furan rings is 1. The van der Waals surface area contributed by atoms with E-state index in [1.54, 1.807) is 11.3 Å². The number of thiophene rings is 1. The van der Waals surface area contributed by atoms with Crippen molar-refractivity contribution in [1.29, 1.82) is 0 Å². The van der Waals surface area contributed by atoms with Gasteiger partial charge in [0.25, 0.3) is 0 Å². The first-order valence-electron chi connectivity index (χ1n) is 8.24. The molecule has 1 atom stereocenters. The Morgan fingerprint density at radius 1 is 1.43 bits per heavy atom. The number of fused-ring (bicyclic) bond motifs is 1. The van der Waals surface area contributed by atoms with Gasteiger partial charge in [0.15, 0.2) is 5.76 Å². The summed E-state index contributed by atoms with van der Waals surface area (Å²) in [6.45, 7) is 2.96. The molecule has 0 saturated carbocycles. The highest BCUT2D eigenvalue weighted by Gasteiger charge is 2.32. The molecule has 0 amide bonds. The molecule has 0 bridgehead atoms. The fourth-order valence-electron chi connectivity index (χ4n) is 2.99. The van der Waals surface area contributed by atoms with E-state index in [0.717, 1.165) is 60.3 Å². The highest BCUT2D eigenvalue weighted by Crippen LogP contribution is 2.43. The number of rotatable bonds is 6. The maximum Gasteiger partial charge on any atom is 0.151 e. The zero-order valence-electron chi connectivity index (χ0n) is 13.4. The second-order valence-electron chi connectivity index (χ2n) is 5.62. The highest BCUT2D eigenvalue weighted by molar-refractivity contribution is 7.08. The molecule has 0 aromatic carbocycles. The fourth-order valence-corrected chi connectivity index (χ4v) is 3.62. The maximum absolute atomic E-state index is 8.86. The first-order chi connectivity index (χ1) is 11.3. The van der Waals surface area contributed by atoms with Crippen LogP contribution in [-0.2, 0) is 11.2 Å². The van der Waals surface area contributed by atoms with Gasteiger partial charge in [-0.2, -0.15) is 11.3 Å². The van der Waals surface area contributed by atoms with Crippen molar-refractivity contribution in [2.75, 3.05) is 13.2 Å². The molecule has 1 aliphatic carbocycles. The third kappa shape index (κ3) is 3.53. The largest absolute Gasteiger partial charge is 0.459 e.